The summed E-state index contributed by atoms with van der Waals surface area (Å²) < 4.78 is 0. The molecule has 21 heavy (non-hydrogen) atoms. The Kier molecular flexibility index (Phi) is 5.09. The first kappa shape index (κ1) is 17.1. The van der Waals surface area contributed by atoms with Crippen LogP contribution in [0.3, 0.4) is 0 Å². The number of carbonyl (C=O) groups excluding carboxylic acids is 4. The van der Waals surface area contributed by atoms with Gasteiger partial charge in [-0.15, -0.1) is 0 Å². The quantitative estimate of drug-likeness (QED) is 0.750. The summed E-state index contributed by atoms with van der Waals surface area (Å²) in [4.78, 5) is 48.8. The molecule has 118 valence electrons. The summed E-state index contributed by atoms with van der Waals surface area (Å²) in [5, 5.41) is 4.86. The summed E-state index contributed by atoms with van der Waals surface area (Å²) in [7, 11) is 0. The zero-order valence-electron chi connectivity index (χ0n) is 13.1. The Hall–Kier alpha value is -1.92. The Balaban J connectivity index is 2.93. The predicted molar refractivity (Wildman–Crippen MR) is 76.1 cm³/mol. The number of amides is 5. The van der Waals surface area contributed by atoms with E-state index >= 15 is 0 Å². The highest BCUT2D eigenvalue weighted by molar-refractivity contribution is 6.17. The monoisotopic (exact) mass is 297 g/mol. The van der Waals surface area contributed by atoms with Crippen molar-refractivity contribution < 1.29 is 19.2 Å². The first-order chi connectivity index (χ1) is 9.58. The van der Waals surface area contributed by atoms with E-state index in [4.69, 9.17) is 0 Å². The molecular weight excluding hydrogens is 274 g/mol. The minimum atomic E-state index is -0.968. The maximum Gasteiger partial charge on any atom is 0.331 e. The fourth-order valence-electron chi connectivity index (χ4n) is 2.13. The minimum Gasteiger partial charge on any atom is -0.350 e. The van der Waals surface area contributed by atoms with Gasteiger partial charge in [0.1, 0.15) is 12.0 Å². The van der Waals surface area contributed by atoms with E-state index in [1.807, 2.05) is 6.92 Å². The summed E-state index contributed by atoms with van der Waals surface area (Å²) in [6, 6.07) is -1.81. The molecule has 2 N–H and O–H groups in total. The molecule has 0 aromatic rings. The van der Waals surface area contributed by atoms with Gasteiger partial charge in [0, 0.05) is 5.54 Å². The maximum atomic E-state index is 12.3. The number of nitrogens with zero attached hydrogens (tertiary/aromatic N) is 1. The van der Waals surface area contributed by atoms with Gasteiger partial charge in [-0.3, -0.25) is 24.6 Å². The van der Waals surface area contributed by atoms with Gasteiger partial charge in [0.25, 0.3) is 0 Å². The molecule has 1 aliphatic rings. The Morgan fingerprint density at radius 1 is 1.33 bits per heavy atom. The maximum absolute atomic E-state index is 12.3. The Morgan fingerprint density at radius 3 is 2.38 bits per heavy atom. The highest BCUT2D eigenvalue weighted by Crippen LogP contribution is 2.18. The van der Waals surface area contributed by atoms with Crippen molar-refractivity contribution in [3.63, 3.8) is 0 Å². The molecule has 1 fully saturated rings. The average Bonchev–Trinajstić information content (AvgIpc) is 2.31. The molecule has 1 heterocycles. The number of urea groups is 1. The molecule has 1 saturated heterocycles. The highest BCUT2D eigenvalue weighted by atomic mass is 16.2. The van der Waals surface area contributed by atoms with Crippen LogP contribution in [-0.2, 0) is 14.4 Å². The number of hydrogen-bond acceptors (Lipinski definition) is 4. The van der Waals surface area contributed by atoms with E-state index in [0.29, 0.717) is 12.8 Å². The fraction of sp³-hybridized carbons (Fsp3) is 0.714. The normalized spacial score (nSPS) is 21.1. The van der Waals surface area contributed by atoms with Gasteiger partial charge in [0.05, 0.1) is 0 Å². The van der Waals surface area contributed by atoms with Crippen LogP contribution in [0, 0.1) is 5.92 Å². The fourth-order valence-corrected chi connectivity index (χ4v) is 2.13. The molecule has 0 aromatic carbocycles. The van der Waals surface area contributed by atoms with E-state index in [9.17, 15) is 19.2 Å². The van der Waals surface area contributed by atoms with Crippen molar-refractivity contribution in [1.29, 1.82) is 0 Å². The first-order valence-corrected chi connectivity index (χ1v) is 7.08. The van der Waals surface area contributed by atoms with Crippen LogP contribution in [0.2, 0.25) is 0 Å². The second kappa shape index (κ2) is 6.24. The number of nitrogens with one attached hydrogen (secondary N) is 2. The molecule has 7 heteroatoms. The Labute approximate surface area is 124 Å². The van der Waals surface area contributed by atoms with Crippen molar-refractivity contribution in [1.82, 2.24) is 15.5 Å². The van der Waals surface area contributed by atoms with Crippen LogP contribution >= 0.6 is 0 Å². The van der Waals surface area contributed by atoms with E-state index in [0.717, 1.165) is 4.90 Å². The smallest absolute Gasteiger partial charge is 0.331 e. The second-order valence-electron chi connectivity index (χ2n) is 6.26. The van der Waals surface area contributed by atoms with Crippen LogP contribution < -0.4 is 10.6 Å². The van der Waals surface area contributed by atoms with Crippen molar-refractivity contribution in [2.45, 2.75) is 59.0 Å². The summed E-state index contributed by atoms with van der Waals surface area (Å²) >= 11 is 0. The van der Waals surface area contributed by atoms with E-state index in [1.54, 1.807) is 20.8 Å². The molecule has 5 amide bonds. The van der Waals surface area contributed by atoms with Crippen molar-refractivity contribution in [2.75, 3.05) is 0 Å². The molecular formula is C14H23N3O4. The standard InChI is InChI=1S/C14H23N3O4/c1-6-7-9-11(19)15-13(21)17(12(9)20)8(2)10(18)16-14(3,4)5/h8-9H,6-7H2,1-5H3,(H,16,18)(H,15,19,21). The lowest BCUT2D eigenvalue weighted by molar-refractivity contribution is -0.147. The molecule has 0 radical (unpaired) electrons. The van der Waals surface area contributed by atoms with Crippen LogP contribution in [0.25, 0.3) is 0 Å². The Bertz CT molecular complexity index is 467. The van der Waals surface area contributed by atoms with Gasteiger partial charge in [-0.1, -0.05) is 13.3 Å². The van der Waals surface area contributed by atoms with Crippen LogP contribution in [0.15, 0.2) is 0 Å². The molecule has 1 aliphatic heterocycles. The summed E-state index contributed by atoms with van der Waals surface area (Å²) in [6.07, 6.45) is 0.983. The summed E-state index contributed by atoms with van der Waals surface area (Å²) in [5.41, 5.74) is -0.473. The van der Waals surface area contributed by atoms with Crippen molar-refractivity contribution in [2.24, 2.45) is 5.92 Å². The third kappa shape index (κ3) is 4.03. The first-order valence-electron chi connectivity index (χ1n) is 7.08. The number of imide groups is 2. The van der Waals surface area contributed by atoms with Gasteiger partial charge >= 0.3 is 6.03 Å². The molecule has 7 nitrogen and oxygen atoms in total. The lowest BCUT2D eigenvalue weighted by Gasteiger charge is -2.34. The van der Waals surface area contributed by atoms with Crippen molar-refractivity contribution >= 4 is 23.8 Å². The summed E-state index contributed by atoms with van der Waals surface area (Å²) in [6.45, 7) is 8.73. The number of hydrogen-bond donors (Lipinski definition) is 2. The molecule has 0 aromatic heterocycles. The molecule has 2 atom stereocenters. The predicted octanol–water partition coefficient (Wildman–Crippen LogP) is 0.784. The van der Waals surface area contributed by atoms with Crippen LogP contribution in [-0.4, -0.2) is 40.2 Å². The SMILES string of the molecule is CCCC1C(=O)NC(=O)N(C(C)C(=O)NC(C)(C)C)C1=O. The molecule has 0 saturated carbocycles. The zero-order valence-corrected chi connectivity index (χ0v) is 13.1. The van der Waals surface area contributed by atoms with E-state index in [1.165, 1.54) is 6.92 Å². The molecule has 0 aliphatic carbocycles. The topological polar surface area (TPSA) is 95.6 Å². The van der Waals surface area contributed by atoms with Crippen LogP contribution in [0.1, 0.15) is 47.5 Å². The van der Waals surface area contributed by atoms with Gasteiger partial charge in [-0.25, -0.2) is 4.79 Å². The number of rotatable bonds is 4. The lowest BCUT2D eigenvalue weighted by Crippen LogP contribution is -2.63. The third-order valence-electron chi connectivity index (χ3n) is 3.14. The van der Waals surface area contributed by atoms with Gasteiger partial charge in [0.15, 0.2) is 0 Å². The Morgan fingerprint density at radius 2 is 1.90 bits per heavy atom. The van der Waals surface area contributed by atoms with Gasteiger partial charge in [-0.05, 0) is 34.1 Å². The van der Waals surface area contributed by atoms with E-state index < -0.39 is 41.3 Å². The number of carbonyl (C=O) groups is 4. The molecule has 2 unspecified atom stereocenters. The lowest BCUT2D eigenvalue weighted by atomic mass is 9.98. The van der Waals surface area contributed by atoms with Gasteiger partial charge in [0.2, 0.25) is 17.7 Å². The van der Waals surface area contributed by atoms with Gasteiger partial charge in [-0.2, -0.15) is 0 Å². The van der Waals surface area contributed by atoms with Crippen molar-refractivity contribution in [3.8, 4) is 0 Å². The largest absolute Gasteiger partial charge is 0.350 e. The van der Waals surface area contributed by atoms with Crippen molar-refractivity contribution in [3.05, 3.63) is 0 Å². The average molecular weight is 297 g/mol. The van der Waals surface area contributed by atoms with Crippen LogP contribution in [0.4, 0.5) is 4.79 Å². The minimum absolute atomic E-state index is 0.349. The zero-order chi connectivity index (χ0) is 16.4. The third-order valence-corrected chi connectivity index (χ3v) is 3.14. The van der Waals surface area contributed by atoms with E-state index in [2.05, 4.69) is 10.6 Å². The highest BCUT2D eigenvalue weighted by Gasteiger charge is 2.43. The van der Waals surface area contributed by atoms with Crippen LogP contribution in [0.5, 0.6) is 0 Å². The molecule has 0 bridgehead atoms. The molecule has 1 rings (SSSR count). The molecule has 0 spiro atoms. The summed E-state index contributed by atoms with van der Waals surface area (Å²) in [5.74, 6) is -2.54. The number of barbiturate groups is 1. The van der Waals surface area contributed by atoms with E-state index in [-0.39, 0.29) is 0 Å². The van der Waals surface area contributed by atoms with Gasteiger partial charge < -0.3 is 5.32 Å². The second-order valence-corrected chi connectivity index (χ2v) is 6.26.